The minimum absolute atomic E-state index is 0.00371. The Kier molecular flexibility index (Phi) is 5.33. The van der Waals surface area contributed by atoms with Gasteiger partial charge in [0.05, 0.1) is 4.90 Å². The number of rotatable bonds is 4. The molecule has 1 aromatic carbocycles. The zero-order valence-corrected chi connectivity index (χ0v) is 16.4. The molecule has 0 bridgehead atoms. The molecule has 1 heterocycles. The highest BCUT2D eigenvalue weighted by Gasteiger charge is 2.38. The molecule has 0 saturated carbocycles. The van der Waals surface area contributed by atoms with Crippen molar-refractivity contribution in [2.45, 2.75) is 44.6 Å². The maximum absolute atomic E-state index is 12.8. The van der Waals surface area contributed by atoms with Gasteiger partial charge in [0, 0.05) is 37.1 Å². The van der Waals surface area contributed by atoms with E-state index in [-0.39, 0.29) is 22.3 Å². The topological polar surface area (TPSA) is 57.7 Å². The molecule has 1 atom stereocenters. The second-order valence-electron chi connectivity index (χ2n) is 7.39. The minimum Gasteiger partial charge on any atom is -0.338 e. The van der Waals surface area contributed by atoms with Gasteiger partial charge in [-0.25, -0.2) is 12.7 Å². The summed E-state index contributed by atoms with van der Waals surface area (Å²) in [6.45, 7) is 8.56. The van der Waals surface area contributed by atoms with E-state index in [1.54, 1.807) is 32.2 Å². The van der Waals surface area contributed by atoms with E-state index in [4.69, 9.17) is 11.6 Å². The minimum atomic E-state index is -3.63. The van der Waals surface area contributed by atoms with Gasteiger partial charge in [-0.3, -0.25) is 4.79 Å². The van der Waals surface area contributed by atoms with Crippen LogP contribution in [-0.2, 0) is 14.8 Å². The van der Waals surface area contributed by atoms with E-state index in [0.717, 1.165) is 0 Å². The Labute approximate surface area is 149 Å². The molecule has 1 aromatic rings. The lowest BCUT2D eigenvalue weighted by Crippen LogP contribution is -2.43. The molecule has 1 amide bonds. The van der Waals surface area contributed by atoms with Gasteiger partial charge in [-0.2, -0.15) is 0 Å². The van der Waals surface area contributed by atoms with Crippen LogP contribution >= 0.6 is 11.6 Å². The van der Waals surface area contributed by atoms with Crippen LogP contribution in [0.4, 0.5) is 0 Å². The first-order valence-electron chi connectivity index (χ1n) is 7.96. The van der Waals surface area contributed by atoms with Crippen molar-refractivity contribution in [1.82, 2.24) is 9.21 Å². The highest BCUT2D eigenvalue weighted by molar-refractivity contribution is 7.89. The lowest BCUT2D eigenvalue weighted by molar-refractivity contribution is -0.131. The van der Waals surface area contributed by atoms with Gasteiger partial charge in [0.25, 0.3) is 0 Å². The monoisotopic (exact) mass is 372 g/mol. The molecule has 1 aliphatic heterocycles. The molecule has 0 unspecified atom stereocenters. The molecule has 2 rings (SSSR count). The van der Waals surface area contributed by atoms with Crippen molar-refractivity contribution in [3.8, 4) is 0 Å². The standard InChI is InChI=1S/C17H25ClN2O3S/c1-12-14(18)7-6-8-15(12)24(22,23)19(5)10-13-9-16(21)20(11-13)17(2,3)4/h6-8,13H,9-11H2,1-5H3/t13-/m1/s1. The van der Waals surface area contributed by atoms with Crippen LogP contribution < -0.4 is 0 Å². The maximum atomic E-state index is 12.8. The molecule has 0 aliphatic carbocycles. The summed E-state index contributed by atoms with van der Waals surface area (Å²) in [4.78, 5) is 14.2. The number of nitrogens with zero attached hydrogens (tertiary/aromatic N) is 2. The van der Waals surface area contributed by atoms with Gasteiger partial charge in [0.15, 0.2) is 0 Å². The van der Waals surface area contributed by atoms with Gasteiger partial charge >= 0.3 is 0 Å². The lowest BCUT2D eigenvalue weighted by Gasteiger charge is -2.32. The largest absolute Gasteiger partial charge is 0.338 e. The van der Waals surface area contributed by atoms with Crippen LogP contribution in [-0.4, -0.2) is 49.2 Å². The average Bonchev–Trinajstić information content (AvgIpc) is 2.82. The number of halogens is 1. The number of hydrogen-bond donors (Lipinski definition) is 0. The van der Waals surface area contributed by atoms with Gasteiger partial charge < -0.3 is 4.90 Å². The third kappa shape index (κ3) is 3.76. The summed E-state index contributed by atoms with van der Waals surface area (Å²) in [7, 11) is -2.08. The fourth-order valence-corrected chi connectivity index (χ4v) is 4.77. The van der Waals surface area contributed by atoms with Crippen molar-refractivity contribution < 1.29 is 13.2 Å². The van der Waals surface area contributed by atoms with Crippen LogP contribution in [0.3, 0.4) is 0 Å². The zero-order chi connectivity index (χ0) is 18.3. The highest BCUT2D eigenvalue weighted by atomic mass is 35.5. The van der Waals surface area contributed by atoms with Gasteiger partial charge in [0.2, 0.25) is 15.9 Å². The van der Waals surface area contributed by atoms with E-state index in [9.17, 15) is 13.2 Å². The van der Waals surface area contributed by atoms with E-state index in [1.807, 2.05) is 25.7 Å². The molecule has 1 saturated heterocycles. The van der Waals surface area contributed by atoms with E-state index in [2.05, 4.69) is 0 Å². The molecule has 5 nitrogen and oxygen atoms in total. The summed E-state index contributed by atoms with van der Waals surface area (Å²) < 4.78 is 27.0. The SMILES string of the molecule is Cc1c(Cl)cccc1S(=O)(=O)N(C)C[C@H]1CC(=O)N(C(C)(C)C)C1. The van der Waals surface area contributed by atoms with E-state index in [1.165, 1.54) is 4.31 Å². The van der Waals surface area contributed by atoms with Crippen molar-refractivity contribution in [3.05, 3.63) is 28.8 Å². The smallest absolute Gasteiger partial charge is 0.243 e. The molecule has 1 fully saturated rings. The molecule has 134 valence electrons. The van der Waals surface area contributed by atoms with Crippen molar-refractivity contribution in [2.75, 3.05) is 20.1 Å². The Bertz CT molecular complexity index is 741. The van der Waals surface area contributed by atoms with Crippen LogP contribution in [0.2, 0.25) is 5.02 Å². The molecule has 0 aromatic heterocycles. The number of hydrogen-bond acceptors (Lipinski definition) is 3. The first-order valence-corrected chi connectivity index (χ1v) is 9.78. The Hall–Kier alpha value is -1.11. The highest BCUT2D eigenvalue weighted by Crippen LogP contribution is 2.29. The quantitative estimate of drug-likeness (QED) is 0.816. The summed E-state index contributed by atoms with van der Waals surface area (Å²) >= 11 is 6.05. The third-order valence-corrected chi connectivity index (χ3v) is 6.81. The summed E-state index contributed by atoms with van der Waals surface area (Å²) in [5, 5.41) is 0.430. The molecule has 7 heteroatoms. The number of sulfonamides is 1. The number of amides is 1. The van der Waals surface area contributed by atoms with Gasteiger partial charge in [-0.1, -0.05) is 17.7 Å². The van der Waals surface area contributed by atoms with Crippen LogP contribution in [0.5, 0.6) is 0 Å². The second-order valence-corrected chi connectivity index (χ2v) is 9.81. The molecule has 0 radical (unpaired) electrons. The summed E-state index contributed by atoms with van der Waals surface area (Å²) in [5.74, 6) is 0.0771. The van der Waals surface area contributed by atoms with Crippen LogP contribution in [0, 0.1) is 12.8 Å². The van der Waals surface area contributed by atoms with Gasteiger partial charge in [-0.15, -0.1) is 0 Å². The second kappa shape index (κ2) is 6.65. The van der Waals surface area contributed by atoms with E-state index < -0.39 is 10.0 Å². The third-order valence-electron chi connectivity index (χ3n) is 4.44. The zero-order valence-electron chi connectivity index (χ0n) is 14.8. The fourth-order valence-electron chi connectivity index (χ4n) is 3.05. The first-order chi connectivity index (χ1) is 10.9. The van der Waals surface area contributed by atoms with Crippen LogP contribution in [0.25, 0.3) is 0 Å². The number of carbonyl (C=O) groups excluding carboxylic acids is 1. The van der Waals surface area contributed by atoms with Gasteiger partial charge in [0.1, 0.15) is 0 Å². The fraction of sp³-hybridized carbons (Fsp3) is 0.588. The van der Waals surface area contributed by atoms with E-state index >= 15 is 0 Å². The Morgan fingerprint density at radius 2 is 1.96 bits per heavy atom. The Morgan fingerprint density at radius 1 is 1.33 bits per heavy atom. The number of benzene rings is 1. The molecule has 24 heavy (non-hydrogen) atoms. The van der Waals surface area contributed by atoms with E-state index in [0.29, 0.717) is 30.1 Å². The molecule has 0 N–H and O–H groups in total. The molecular formula is C17H25ClN2O3S. The van der Waals surface area contributed by atoms with Crippen molar-refractivity contribution >= 4 is 27.5 Å². The first kappa shape index (κ1) is 19.2. The van der Waals surface area contributed by atoms with Crippen LogP contribution in [0.15, 0.2) is 23.1 Å². The lowest BCUT2D eigenvalue weighted by atomic mass is 10.1. The normalized spacial score (nSPS) is 19.4. The summed E-state index contributed by atoms with van der Waals surface area (Å²) in [5.41, 5.74) is 0.303. The predicted molar refractivity (Wildman–Crippen MR) is 95.6 cm³/mol. The van der Waals surface area contributed by atoms with Crippen molar-refractivity contribution in [1.29, 1.82) is 0 Å². The predicted octanol–water partition coefficient (Wildman–Crippen LogP) is 2.92. The number of carbonyl (C=O) groups is 1. The molecular weight excluding hydrogens is 348 g/mol. The van der Waals surface area contributed by atoms with Crippen LogP contribution in [0.1, 0.15) is 32.8 Å². The Balaban J connectivity index is 2.17. The maximum Gasteiger partial charge on any atom is 0.243 e. The average molecular weight is 373 g/mol. The van der Waals surface area contributed by atoms with Crippen molar-refractivity contribution in [3.63, 3.8) is 0 Å². The van der Waals surface area contributed by atoms with Crippen molar-refractivity contribution in [2.24, 2.45) is 5.92 Å². The molecule has 0 spiro atoms. The Morgan fingerprint density at radius 3 is 2.50 bits per heavy atom. The summed E-state index contributed by atoms with van der Waals surface area (Å²) in [6, 6.07) is 4.87. The molecule has 1 aliphatic rings. The number of likely N-dealkylation sites (tertiary alicyclic amines) is 1. The summed E-state index contributed by atoms with van der Waals surface area (Å²) in [6.07, 6.45) is 0.381. The van der Waals surface area contributed by atoms with Gasteiger partial charge in [-0.05, 0) is 51.3 Å².